The first kappa shape index (κ1) is 13.8. The molecule has 112 valence electrons. The smallest absolute Gasteiger partial charge is 0.0486 e. The monoisotopic (exact) mass is 346 g/mol. The first-order chi connectivity index (χ1) is 10.2. The molecule has 1 unspecified atom stereocenters. The zero-order valence-corrected chi connectivity index (χ0v) is 14.3. The van der Waals surface area contributed by atoms with Crippen LogP contribution in [-0.4, -0.2) is 22.1 Å². The Hall–Kier alpha value is -0.800. The van der Waals surface area contributed by atoms with Crippen molar-refractivity contribution in [1.82, 2.24) is 9.47 Å². The Labute approximate surface area is 135 Å². The fourth-order valence-electron chi connectivity index (χ4n) is 3.75. The summed E-state index contributed by atoms with van der Waals surface area (Å²) in [6.45, 7) is 4.76. The van der Waals surface area contributed by atoms with Crippen LogP contribution < -0.4 is 0 Å². The van der Waals surface area contributed by atoms with Gasteiger partial charge in [0.2, 0.25) is 0 Å². The van der Waals surface area contributed by atoms with Crippen molar-refractivity contribution in [1.29, 1.82) is 0 Å². The zero-order valence-electron chi connectivity index (χ0n) is 12.7. The maximum atomic E-state index is 3.61. The second-order valence-corrected chi connectivity index (χ2v) is 7.67. The molecule has 0 amide bonds. The minimum absolute atomic E-state index is 0.733. The van der Waals surface area contributed by atoms with E-state index in [0.717, 1.165) is 18.6 Å². The minimum Gasteiger partial charge on any atom is -0.340 e. The second kappa shape index (κ2) is 5.44. The molecule has 0 N–H and O–H groups in total. The number of piperidine rings is 1. The van der Waals surface area contributed by atoms with Gasteiger partial charge >= 0.3 is 0 Å². The van der Waals surface area contributed by atoms with Crippen molar-refractivity contribution in [2.45, 2.75) is 57.7 Å². The highest BCUT2D eigenvalue weighted by Gasteiger charge is 2.28. The predicted octanol–water partition coefficient (Wildman–Crippen LogP) is 5.11. The normalized spacial score (nSPS) is 23.8. The summed E-state index contributed by atoms with van der Waals surface area (Å²) in [6, 6.07) is 10.6. The summed E-state index contributed by atoms with van der Waals surface area (Å²) >= 11 is 3.61. The average Bonchev–Trinajstić information content (AvgIpc) is 3.23. The molecule has 0 spiro atoms. The van der Waals surface area contributed by atoms with Crippen LogP contribution in [0.15, 0.2) is 28.7 Å². The highest BCUT2D eigenvalue weighted by Crippen LogP contribution is 2.40. The number of hydrogen-bond donors (Lipinski definition) is 0. The van der Waals surface area contributed by atoms with Gasteiger partial charge in [-0.15, -0.1) is 0 Å². The van der Waals surface area contributed by atoms with Crippen LogP contribution in [0, 0.1) is 0 Å². The lowest BCUT2D eigenvalue weighted by Gasteiger charge is -2.33. The third-order valence-electron chi connectivity index (χ3n) is 5.10. The molecule has 2 heterocycles. The summed E-state index contributed by atoms with van der Waals surface area (Å²) in [5, 5.41) is 1.39. The van der Waals surface area contributed by atoms with Gasteiger partial charge in [0, 0.05) is 39.7 Å². The van der Waals surface area contributed by atoms with E-state index in [1.54, 1.807) is 0 Å². The summed E-state index contributed by atoms with van der Waals surface area (Å²) < 4.78 is 3.80. The summed E-state index contributed by atoms with van der Waals surface area (Å²) in [5.41, 5.74) is 2.93. The third kappa shape index (κ3) is 2.66. The van der Waals surface area contributed by atoms with E-state index in [1.165, 1.54) is 59.7 Å². The first-order valence-electron chi connectivity index (χ1n) is 8.26. The van der Waals surface area contributed by atoms with Gasteiger partial charge in [-0.25, -0.2) is 0 Å². The molecule has 1 saturated carbocycles. The van der Waals surface area contributed by atoms with Crippen LogP contribution in [0.1, 0.15) is 50.8 Å². The van der Waals surface area contributed by atoms with Crippen molar-refractivity contribution in [3.8, 4) is 0 Å². The summed E-state index contributed by atoms with van der Waals surface area (Å²) in [5.74, 6) is 0. The maximum absolute atomic E-state index is 3.61. The molecule has 3 heteroatoms. The molecule has 1 saturated heterocycles. The average molecular weight is 347 g/mol. The molecule has 4 rings (SSSR count). The zero-order chi connectivity index (χ0) is 14.4. The highest BCUT2D eigenvalue weighted by atomic mass is 79.9. The molecule has 21 heavy (non-hydrogen) atoms. The van der Waals surface area contributed by atoms with Crippen LogP contribution in [0.25, 0.3) is 10.9 Å². The summed E-state index contributed by atoms with van der Waals surface area (Å²) in [7, 11) is 0. The van der Waals surface area contributed by atoms with Crippen molar-refractivity contribution in [2.75, 3.05) is 6.54 Å². The van der Waals surface area contributed by atoms with Gasteiger partial charge in [0.05, 0.1) is 0 Å². The van der Waals surface area contributed by atoms with Gasteiger partial charge < -0.3 is 4.57 Å². The van der Waals surface area contributed by atoms with Crippen molar-refractivity contribution < 1.29 is 0 Å². The fourth-order valence-corrected chi connectivity index (χ4v) is 4.13. The standard InChI is InChI=1S/C18H23BrN2/c1-13-4-2-3-9-20(13)12-17-11-14-10-15(19)5-8-18(14)21(17)16-6-7-16/h5,8,10-11,13,16H,2-4,6-7,9,12H2,1H3. The number of aromatic nitrogens is 1. The van der Waals surface area contributed by atoms with Crippen LogP contribution in [0.3, 0.4) is 0 Å². The van der Waals surface area contributed by atoms with E-state index in [1.807, 2.05) is 0 Å². The molecule has 1 aliphatic carbocycles. The Morgan fingerprint density at radius 3 is 2.76 bits per heavy atom. The van der Waals surface area contributed by atoms with Crippen LogP contribution in [0.4, 0.5) is 0 Å². The van der Waals surface area contributed by atoms with Gasteiger partial charge in [-0.1, -0.05) is 22.4 Å². The van der Waals surface area contributed by atoms with Crippen molar-refractivity contribution in [2.24, 2.45) is 0 Å². The number of likely N-dealkylation sites (tertiary alicyclic amines) is 1. The number of halogens is 1. The first-order valence-corrected chi connectivity index (χ1v) is 9.05. The van der Waals surface area contributed by atoms with Crippen molar-refractivity contribution in [3.05, 3.63) is 34.4 Å². The second-order valence-electron chi connectivity index (χ2n) is 6.76. The van der Waals surface area contributed by atoms with Gasteiger partial charge in [0.15, 0.2) is 0 Å². The molecular weight excluding hydrogens is 324 g/mol. The Balaban J connectivity index is 1.71. The number of nitrogens with zero attached hydrogens (tertiary/aromatic N) is 2. The van der Waals surface area contributed by atoms with Gasteiger partial charge in [-0.3, -0.25) is 4.90 Å². The molecule has 2 fully saturated rings. The van der Waals surface area contributed by atoms with E-state index in [-0.39, 0.29) is 0 Å². The van der Waals surface area contributed by atoms with Crippen LogP contribution in [-0.2, 0) is 6.54 Å². The lowest BCUT2D eigenvalue weighted by molar-refractivity contribution is 0.149. The van der Waals surface area contributed by atoms with Gasteiger partial charge in [0.1, 0.15) is 0 Å². The Kier molecular flexibility index (Phi) is 3.58. The SMILES string of the molecule is CC1CCCCN1Cc1cc2cc(Br)ccc2n1C1CC1. The number of benzene rings is 1. The van der Waals surface area contributed by atoms with Gasteiger partial charge in [0.25, 0.3) is 0 Å². The van der Waals surface area contributed by atoms with Gasteiger partial charge in [-0.05, 0) is 63.4 Å². The van der Waals surface area contributed by atoms with Crippen molar-refractivity contribution in [3.63, 3.8) is 0 Å². The Bertz CT molecular complexity index is 657. The summed E-state index contributed by atoms with van der Waals surface area (Å²) in [4.78, 5) is 2.67. The molecule has 2 aromatic rings. The maximum Gasteiger partial charge on any atom is 0.0486 e. The quantitative estimate of drug-likeness (QED) is 0.749. The van der Waals surface area contributed by atoms with Crippen LogP contribution >= 0.6 is 15.9 Å². The highest BCUT2D eigenvalue weighted by molar-refractivity contribution is 9.10. The van der Waals surface area contributed by atoms with E-state index in [4.69, 9.17) is 0 Å². The molecule has 1 aliphatic heterocycles. The van der Waals surface area contributed by atoms with Crippen LogP contribution in [0.2, 0.25) is 0 Å². The molecular formula is C18H23BrN2. The van der Waals surface area contributed by atoms with E-state index >= 15 is 0 Å². The number of hydrogen-bond acceptors (Lipinski definition) is 1. The Morgan fingerprint density at radius 2 is 2.00 bits per heavy atom. The molecule has 1 aromatic heterocycles. The predicted molar refractivity (Wildman–Crippen MR) is 91.6 cm³/mol. The number of rotatable bonds is 3. The van der Waals surface area contributed by atoms with Crippen molar-refractivity contribution >= 4 is 26.8 Å². The van der Waals surface area contributed by atoms with E-state index < -0.39 is 0 Å². The van der Waals surface area contributed by atoms with E-state index in [9.17, 15) is 0 Å². The topological polar surface area (TPSA) is 8.17 Å². The molecule has 0 bridgehead atoms. The van der Waals surface area contributed by atoms with Crippen LogP contribution in [0.5, 0.6) is 0 Å². The lowest BCUT2D eigenvalue weighted by atomic mass is 10.0. The third-order valence-corrected chi connectivity index (χ3v) is 5.59. The molecule has 1 atom stereocenters. The van der Waals surface area contributed by atoms with E-state index in [2.05, 4.69) is 56.6 Å². The lowest BCUT2D eigenvalue weighted by Crippen LogP contribution is -2.37. The molecule has 2 aliphatic rings. The number of fused-ring (bicyclic) bond motifs is 1. The van der Waals surface area contributed by atoms with Gasteiger partial charge in [-0.2, -0.15) is 0 Å². The molecule has 1 aromatic carbocycles. The fraction of sp³-hybridized carbons (Fsp3) is 0.556. The molecule has 0 radical (unpaired) electrons. The Morgan fingerprint density at radius 1 is 1.14 bits per heavy atom. The molecule has 2 nitrogen and oxygen atoms in total. The minimum atomic E-state index is 0.733. The summed E-state index contributed by atoms with van der Waals surface area (Å²) in [6.07, 6.45) is 6.82. The largest absolute Gasteiger partial charge is 0.340 e. The van der Waals surface area contributed by atoms with E-state index in [0.29, 0.717) is 0 Å².